The predicted molar refractivity (Wildman–Crippen MR) is 70.0 cm³/mol. The topological polar surface area (TPSA) is 58.2 Å². The van der Waals surface area contributed by atoms with Crippen LogP contribution in [0.25, 0.3) is 0 Å². The highest BCUT2D eigenvalue weighted by molar-refractivity contribution is 6.19. The number of rotatable bonds is 4. The van der Waals surface area contributed by atoms with Crippen molar-refractivity contribution in [3.05, 3.63) is 0 Å². The fourth-order valence-electron chi connectivity index (χ4n) is 0.996. The molecule has 4 nitrogen and oxygen atoms in total. The second-order valence-corrected chi connectivity index (χ2v) is 6.22. The van der Waals surface area contributed by atoms with Gasteiger partial charge in [-0.2, -0.15) is 0 Å². The van der Waals surface area contributed by atoms with Crippen LogP contribution in [0.15, 0.2) is 0 Å². The van der Waals surface area contributed by atoms with Gasteiger partial charge in [-0.05, 0) is 41.5 Å². The fourth-order valence-corrected chi connectivity index (χ4v) is 1.12. The largest absolute Gasteiger partial charge is 0.350 e. The summed E-state index contributed by atoms with van der Waals surface area (Å²) in [5, 5.41) is 5.47. The summed E-state index contributed by atoms with van der Waals surface area (Å²) in [4.78, 5) is 23.6. The molecule has 0 aromatic heterocycles. The van der Waals surface area contributed by atoms with E-state index in [9.17, 15) is 9.59 Å². The van der Waals surface area contributed by atoms with Crippen LogP contribution in [-0.4, -0.2) is 29.3 Å². The molecule has 0 aliphatic heterocycles. The fraction of sp³-hybridized carbons (Fsp3) is 0.833. The van der Waals surface area contributed by atoms with Crippen molar-refractivity contribution in [2.24, 2.45) is 5.41 Å². The number of hydrogen-bond acceptors (Lipinski definition) is 2. The van der Waals surface area contributed by atoms with Crippen molar-refractivity contribution >= 4 is 23.4 Å². The first kappa shape index (κ1) is 16.2. The number of carbonyl (C=O) groups is 2. The zero-order valence-electron chi connectivity index (χ0n) is 11.5. The smallest absolute Gasteiger partial charge is 0.242 e. The Kier molecular flexibility index (Phi) is 5.46. The van der Waals surface area contributed by atoms with Gasteiger partial charge in [-0.1, -0.05) is 0 Å². The zero-order chi connectivity index (χ0) is 13.9. The molecule has 17 heavy (non-hydrogen) atoms. The van der Waals surface area contributed by atoms with E-state index < -0.39 is 11.5 Å². The van der Waals surface area contributed by atoms with Crippen molar-refractivity contribution in [2.45, 2.75) is 53.1 Å². The van der Waals surface area contributed by atoms with Gasteiger partial charge in [0.15, 0.2) is 0 Å². The van der Waals surface area contributed by atoms with Gasteiger partial charge in [0, 0.05) is 11.4 Å². The molecule has 0 spiro atoms. The maximum Gasteiger partial charge on any atom is 0.242 e. The molecule has 0 saturated heterocycles. The lowest BCUT2D eigenvalue weighted by molar-refractivity contribution is -0.133. The van der Waals surface area contributed by atoms with Crippen LogP contribution >= 0.6 is 11.6 Å². The molecule has 100 valence electrons. The highest BCUT2D eigenvalue weighted by Gasteiger charge is 2.29. The molecule has 0 aromatic rings. The van der Waals surface area contributed by atoms with Gasteiger partial charge in [0.2, 0.25) is 11.8 Å². The van der Waals surface area contributed by atoms with E-state index in [1.165, 1.54) is 0 Å². The number of amides is 2. The summed E-state index contributed by atoms with van der Waals surface area (Å²) in [5.74, 6) is -0.202. The van der Waals surface area contributed by atoms with E-state index in [0.29, 0.717) is 0 Å². The summed E-state index contributed by atoms with van der Waals surface area (Å²) >= 11 is 5.70. The first-order valence-electron chi connectivity index (χ1n) is 5.68. The summed E-state index contributed by atoms with van der Waals surface area (Å²) in [6.07, 6.45) is 0. The van der Waals surface area contributed by atoms with Crippen molar-refractivity contribution in [3.8, 4) is 0 Å². The van der Waals surface area contributed by atoms with Crippen molar-refractivity contribution in [3.63, 3.8) is 0 Å². The summed E-state index contributed by atoms with van der Waals surface area (Å²) in [6, 6.07) is -0.566. The van der Waals surface area contributed by atoms with Crippen molar-refractivity contribution in [1.82, 2.24) is 10.6 Å². The van der Waals surface area contributed by atoms with Gasteiger partial charge >= 0.3 is 0 Å². The quantitative estimate of drug-likeness (QED) is 0.758. The molecule has 0 aliphatic carbocycles. The molecule has 5 heteroatoms. The Labute approximate surface area is 108 Å². The monoisotopic (exact) mass is 262 g/mol. The summed E-state index contributed by atoms with van der Waals surface area (Å²) in [5.41, 5.74) is -0.976. The third kappa shape index (κ3) is 5.91. The van der Waals surface area contributed by atoms with Gasteiger partial charge in [-0.3, -0.25) is 9.59 Å². The van der Waals surface area contributed by atoms with Crippen LogP contribution in [0.3, 0.4) is 0 Å². The number of carbonyl (C=O) groups excluding carboxylic acids is 2. The standard InChI is InChI=1S/C12H23ClN2O2/c1-8(9(16)15-11(2,3)4)14-10(17)12(5,6)7-13/h8H,7H2,1-6H3,(H,14,17)(H,15,16). The summed E-state index contributed by atoms with van der Waals surface area (Å²) < 4.78 is 0. The third-order valence-electron chi connectivity index (χ3n) is 2.19. The Balaban J connectivity index is 4.41. The Morgan fingerprint density at radius 3 is 2.00 bits per heavy atom. The minimum Gasteiger partial charge on any atom is -0.350 e. The highest BCUT2D eigenvalue weighted by Crippen LogP contribution is 2.17. The maximum absolute atomic E-state index is 11.8. The molecule has 0 aliphatic rings. The molecule has 1 unspecified atom stereocenters. The number of nitrogens with one attached hydrogen (secondary N) is 2. The third-order valence-corrected chi connectivity index (χ3v) is 2.86. The molecule has 0 fully saturated rings. The van der Waals surface area contributed by atoms with Crippen LogP contribution in [0.4, 0.5) is 0 Å². The molecule has 0 bridgehead atoms. The Hall–Kier alpha value is -0.770. The van der Waals surface area contributed by atoms with E-state index in [2.05, 4.69) is 10.6 Å². The lowest BCUT2D eigenvalue weighted by Crippen LogP contribution is -2.53. The molecule has 0 aromatic carbocycles. The molecule has 1 atom stereocenters. The molecule has 2 amide bonds. The minimum atomic E-state index is -0.669. The van der Waals surface area contributed by atoms with Gasteiger partial charge < -0.3 is 10.6 Å². The molecular weight excluding hydrogens is 240 g/mol. The predicted octanol–water partition coefficient (Wildman–Crippen LogP) is 1.67. The molecule has 0 rings (SSSR count). The van der Waals surface area contributed by atoms with E-state index >= 15 is 0 Å². The summed E-state index contributed by atoms with van der Waals surface area (Å²) in [6.45, 7) is 10.8. The van der Waals surface area contributed by atoms with Crippen molar-refractivity contribution in [2.75, 3.05) is 5.88 Å². The van der Waals surface area contributed by atoms with Gasteiger partial charge in [0.1, 0.15) is 6.04 Å². The highest BCUT2D eigenvalue weighted by atomic mass is 35.5. The van der Waals surface area contributed by atoms with E-state index in [0.717, 1.165) is 0 Å². The van der Waals surface area contributed by atoms with Crippen molar-refractivity contribution < 1.29 is 9.59 Å². The lowest BCUT2D eigenvalue weighted by atomic mass is 9.95. The number of halogens is 1. The van der Waals surface area contributed by atoms with Gasteiger partial charge in [0.05, 0.1) is 5.41 Å². The Morgan fingerprint density at radius 2 is 1.65 bits per heavy atom. The molecule has 0 saturated carbocycles. The van der Waals surface area contributed by atoms with E-state index in [1.54, 1.807) is 20.8 Å². The van der Waals surface area contributed by atoms with Gasteiger partial charge in [0.25, 0.3) is 0 Å². The molecular formula is C12H23ClN2O2. The maximum atomic E-state index is 11.8. The van der Waals surface area contributed by atoms with Crippen molar-refractivity contribution in [1.29, 1.82) is 0 Å². The van der Waals surface area contributed by atoms with Crippen LogP contribution in [0, 0.1) is 5.41 Å². The average molecular weight is 263 g/mol. The summed E-state index contributed by atoms with van der Waals surface area (Å²) in [7, 11) is 0. The lowest BCUT2D eigenvalue weighted by Gasteiger charge is -2.26. The molecule has 0 heterocycles. The van der Waals surface area contributed by atoms with E-state index in [1.807, 2.05) is 20.8 Å². The molecule has 2 N–H and O–H groups in total. The Bertz CT molecular complexity index is 295. The second-order valence-electron chi connectivity index (χ2n) is 5.95. The average Bonchev–Trinajstić information content (AvgIpc) is 2.14. The zero-order valence-corrected chi connectivity index (χ0v) is 12.2. The molecule has 0 radical (unpaired) electrons. The Morgan fingerprint density at radius 1 is 1.18 bits per heavy atom. The normalized spacial score (nSPS) is 14.1. The van der Waals surface area contributed by atoms with E-state index in [-0.39, 0.29) is 23.2 Å². The first-order chi connectivity index (χ1) is 7.49. The van der Waals surface area contributed by atoms with Crippen LogP contribution in [0.2, 0.25) is 0 Å². The van der Waals surface area contributed by atoms with Crippen LogP contribution < -0.4 is 10.6 Å². The van der Waals surface area contributed by atoms with Crippen LogP contribution in [0.1, 0.15) is 41.5 Å². The van der Waals surface area contributed by atoms with Crippen LogP contribution in [0.5, 0.6) is 0 Å². The second kappa shape index (κ2) is 5.71. The number of hydrogen-bond donors (Lipinski definition) is 2. The van der Waals surface area contributed by atoms with Gasteiger partial charge in [-0.25, -0.2) is 0 Å². The minimum absolute atomic E-state index is 0.198. The first-order valence-corrected chi connectivity index (χ1v) is 6.22. The number of alkyl halides is 1. The SMILES string of the molecule is CC(NC(=O)C(C)(C)CCl)C(=O)NC(C)(C)C. The van der Waals surface area contributed by atoms with Crippen LogP contribution in [-0.2, 0) is 9.59 Å². The van der Waals surface area contributed by atoms with Gasteiger partial charge in [-0.15, -0.1) is 11.6 Å². The van der Waals surface area contributed by atoms with E-state index in [4.69, 9.17) is 11.6 Å².